The minimum absolute atomic E-state index is 0.0291. The van der Waals surface area contributed by atoms with E-state index in [9.17, 15) is 40.5 Å². The average molecular weight is 777 g/mol. The molecule has 0 amide bonds. The second kappa shape index (κ2) is 14.8. The van der Waals surface area contributed by atoms with Crippen molar-refractivity contribution in [1.82, 2.24) is 0 Å². The van der Waals surface area contributed by atoms with Crippen molar-refractivity contribution in [3.05, 3.63) is 41.5 Å². The Morgan fingerprint density at radius 2 is 1.40 bits per heavy atom. The van der Waals surface area contributed by atoms with Crippen LogP contribution >= 0.6 is 0 Å². The lowest BCUT2D eigenvalue weighted by Crippen LogP contribution is -2.59. The number of ether oxygens (including phenoxy) is 11. The van der Waals surface area contributed by atoms with Gasteiger partial charge in [-0.05, 0) is 35.2 Å². The number of hydrogen-bond donors (Lipinski definition) is 7. The molecule has 5 aliphatic heterocycles. The Morgan fingerprint density at radius 1 is 0.745 bits per heavy atom. The van der Waals surface area contributed by atoms with E-state index >= 15 is 0 Å². The van der Waals surface area contributed by atoms with Gasteiger partial charge in [-0.1, -0.05) is 6.07 Å². The lowest BCUT2D eigenvalue weighted by molar-refractivity contribution is -0.315. The summed E-state index contributed by atoms with van der Waals surface area (Å²) in [6.45, 7) is -2.21. The van der Waals surface area contributed by atoms with E-state index in [1.54, 1.807) is 30.3 Å². The van der Waals surface area contributed by atoms with Gasteiger partial charge in [-0.3, -0.25) is 0 Å². The first-order valence-electron chi connectivity index (χ1n) is 17.3. The first kappa shape index (κ1) is 37.8. The van der Waals surface area contributed by atoms with Gasteiger partial charge in [0.15, 0.2) is 41.7 Å². The zero-order chi connectivity index (χ0) is 38.8. The smallest absolute Gasteiger partial charge is 0.339 e. The minimum Gasteiger partial charge on any atom is -0.493 e. The van der Waals surface area contributed by atoms with Gasteiger partial charge in [0.1, 0.15) is 54.6 Å². The van der Waals surface area contributed by atoms with Crippen LogP contribution in [0.5, 0.6) is 28.7 Å². The molecule has 298 valence electrons. The molecule has 0 bridgehead atoms. The van der Waals surface area contributed by atoms with Crippen LogP contribution < -0.4 is 23.7 Å². The molecule has 0 saturated carbocycles. The molecule has 0 radical (unpaired) electrons. The van der Waals surface area contributed by atoms with E-state index in [0.29, 0.717) is 50.5 Å². The van der Waals surface area contributed by atoms with E-state index in [0.717, 1.165) is 0 Å². The van der Waals surface area contributed by atoms with Gasteiger partial charge in [-0.15, -0.1) is 0 Å². The molecule has 0 unspecified atom stereocenters. The third-order valence-corrected chi connectivity index (χ3v) is 10.3. The number of rotatable bonds is 10. The highest BCUT2D eigenvalue weighted by Gasteiger charge is 2.56. The molecule has 3 aromatic carbocycles. The number of methoxy groups -OCH3 is 2. The Balaban J connectivity index is 1.21. The summed E-state index contributed by atoms with van der Waals surface area (Å²) in [6.07, 6.45) is -15.8. The van der Waals surface area contributed by atoms with Crippen molar-refractivity contribution in [3.63, 3.8) is 0 Å². The number of cyclic esters (lactones) is 1. The second-order valence-corrected chi connectivity index (χ2v) is 13.7. The van der Waals surface area contributed by atoms with Gasteiger partial charge in [-0.2, -0.15) is 0 Å². The molecule has 19 nitrogen and oxygen atoms in total. The largest absolute Gasteiger partial charge is 0.493 e. The van der Waals surface area contributed by atoms with Crippen molar-refractivity contribution >= 4 is 16.7 Å². The van der Waals surface area contributed by atoms with E-state index in [1.165, 1.54) is 14.2 Å². The summed E-state index contributed by atoms with van der Waals surface area (Å²) in [4.78, 5) is 13.6. The molecule has 3 fully saturated rings. The van der Waals surface area contributed by atoms with Crippen LogP contribution in [0.25, 0.3) is 21.9 Å². The van der Waals surface area contributed by atoms with E-state index in [-0.39, 0.29) is 31.3 Å². The summed E-state index contributed by atoms with van der Waals surface area (Å²) < 4.78 is 63.1. The maximum Gasteiger partial charge on any atom is 0.339 e. The van der Waals surface area contributed by atoms with Crippen molar-refractivity contribution in [2.24, 2.45) is 0 Å². The Kier molecular flexibility index (Phi) is 10.2. The van der Waals surface area contributed by atoms with Crippen molar-refractivity contribution in [1.29, 1.82) is 0 Å². The molecule has 8 rings (SSSR count). The number of carbonyl (C=O) groups is 1. The number of aliphatic hydroxyl groups excluding tert-OH is 6. The van der Waals surface area contributed by atoms with Crippen LogP contribution in [0.2, 0.25) is 0 Å². The fourth-order valence-electron chi connectivity index (χ4n) is 7.27. The Labute approximate surface area is 311 Å². The lowest BCUT2D eigenvalue weighted by atomic mass is 9.89. The van der Waals surface area contributed by atoms with Gasteiger partial charge in [0.05, 0.1) is 46.2 Å². The monoisotopic (exact) mass is 776 g/mol. The lowest BCUT2D eigenvalue weighted by Gasteiger charge is -2.40. The van der Waals surface area contributed by atoms with E-state index in [2.05, 4.69) is 0 Å². The predicted octanol–water partition coefficient (Wildman–Crippen LogP) is -1.33. The molecule has 3 aromatic rings. The van der Waals surface area contributed by atoms with E-state index in [4.69, 9.17) is 52.1 Å². The highest BCUT2D eigenvalue weighted by molar-refractivity contribution is 6.14. The summed E-state index contributed by atoms with van der Waals surface area (Å²) in [6, 6.07) is 8.52. The first-order valence-corrected chi connectivity index (χ1v) is 17.3. The maximum atomic E-state index is 13.6. The molecule has 0 aromatic heterocycles. The molecule has 0 spiro atoms. The molecule has 11 atom stereocenters. The standard InChI is InChI=1S/C36H40O19/c1-45-21-6-15-16(7-22(21)46-2)30(17-8-47-32(43)25(17)24(15)14-3-4-20-23(5-14)53-13-52-20)54-35-31(55-34-29(42)27(40)19(38)10-49-34)36(44,12-51-35)11-50-33-28(41)26(39)18(37)9-48-33/h3-7,18-19,26-29,31,33-35,37-42,44H,8-13H2,1-2H3/t18-,19-,26+,27+,28-,29-,31+,33+,34+,35+,36-/m1/s1. The number of esters is 1. The van der Waals surface area contributed by atoms with Gasteiger partial charge in [0, 0.05) is 16.5 Å². The van der Waals surface area contributed by atoms with E-state index in [1.807, 2.05) is 0 Å². The first-order chi connectivity index (χ1) is 26.4. The zero-order valence-corrected chi connectivity index (χ0v) is 29.4. The van der Waals surface area contributed by atoms with Crippen LogP contribution in [0.15, 0.2) is 30.3 Å². The van der Waals surface area contributed by atoms with Crippen molar-refractivity contribution in [3.8, 4) is 39.9 Å². The van der Waals surface area contributed by atoms with Gasteiger partial charge in [0.25, 0.3) is 0 Å². The number of carbonyl (C=O) groups excluding carboxylic acids is 1. The number of hydrogen-bond acceptors (Lipinski definition) is 19. The van der Waals surface area contributed by atoms with Crippen LogP contribution in [-0.2, 0) is 35.0 Å². The Morgan fingerprint density at radius 3 is 2.11 bits per heavy atom. The summed E-state index contributed by atoms with van der Waals surface area (Å²) in [5.41, 5.74) is -0.631. The molecule has 19 heteroatoms. The summed E-state index contributed by atoms with van der Waals surface area (Å²) in [5, 5.41) is 74.7. The van der Waals surface area contributed by atoms with Crippen molar-refractivity contribution < 1.29 is 92.6 Å². The fourth-order valence-corrected chi connectivity index (χ4v) is 7.27. The predicted molar refractivity (Wildman–Crippen MR) is 179 cm³/mol. The number of fused-ring (bicyclic) bond motifs is 3. The molecule has 5 heterocycles. The molecular weight excluding hydrogens is 736 g/mol. The normalized spacial score (nSPS) is 34.1. The summed E-state index contributed by atoms with van der Waals surface area (Å²) in [7, 11) is 2.90. The maximum absolute atomic E-state index is 13.6. The number of aliphatic hydroxyl groups is 7. The third kappa shape index (κ3) is 6.58. The third-order valence-electron chi connectivity index (χ3n) is 10.3. The van der Waals surface area contributed by atoms with Gasteiger partial charge < -0.3 is 87.9 Å². The minimum atomic E-state index is -2.16. The van der Waals surface area contributed by atoms with Crippen LogP contribution in [0.1, 0.15) is 15.9 Å². The fraction of sp³-hybridized carbons (Fsp3) is 0.528. The molecule has 7 N–H and O–H groups in total. The SMILES string of the molecule is COc1cc2c(O[C@@H]3OC[C@](O)(CO[C@@H]4OC[C@@H](O)[C@H](O)[C@H]4O)[C@H]3O[C@@H]3OC[C@@H](O)[C@H](O)[C@H]3O)c3c(c(-c4ccc5c(c4)OCO5)c2cc1OC)C(=O)OC3. The quantitative estimate of drug-likeness (QED) is 0.118. The average Bonchev–Trinajstić information content (AvgIpc) is 3.90. The topological polar surface area (TPSA) is 260 Å². The molecular formula is C36H40O19. The summed E-state index contributed by atoms with van der Waals surface area (Å²) >= 11 is 0. The van der Waals surface area contributed by atoms with Gasteiger partial charge in [0.2, 0.25) is 13.1 Å². The van der Waals surface area contributed by atoms with Gasteiger partial charge >= 0.3 is 5.97 Å². The second-order valence-electron chi connectivity index (χ2n) is 13.7. The highest BCUT2D eigenvalue weighted by Crippen LogP contribution is 2.50. The zero-order valence-electron chi connectivity index (χ0n) is 29.4. The Bertz CT molecular complexity index is 1940. The van der Waals surface area contributed by atoms with Gasteiger partial charge in [-0.25, -0.2) is 4.79 Å². The molecule has 3 saturated heterocycles. The van der Waals surface area contributed by atoms with Crippen LogP contribution in [0.4, 0.5) is 0 Å². The van der Waals surface area contributed by atoms with Crippen LogP contribution in [-0.4, -0.2) is 156 Å². The van der Waals surface area contributed by atoms with Crippen molar-refractivity contribution in [2.45, 2.75) is 73.8 Å². The van der Waals surface area contributed by atoms with E-state index < -0.39 is 93.0 Å². The molecule has 0 aliphatic carbocycles. The number of benzene rings is 3. The Hall–Kier alpha value is -4.09. The molecule has 55 heavy (non-hydrogen) atoms. The molecule has 5 aliphatic rings. The van der Waals surface area contributed by atoms with Crippen molar-refractivity contribution in [2.75, 3.05) is 47.4 Å². The summed E-state index contributed by atoms with van der Waals surface area (Å²) in [5.74, 6) is 1.05. The van der Waals surface area contributed by atoms with Crippen LogP contribution in [0.3, 0.4) is 0 Å². The van der Waals surface area contributed by atoms with Crippen LogP contribution in [0, 0.1) is 0 Å². The highest BCUT2D eigenvalue weighted by atomic mass is 16.8.